The molecule has 8 heteroatoms. The highest BCUT2D eigenvalue weighted by molar-refractivity contribution is 5.93. The second kappa shape index (κ2) is 8.26. The van der Waals surface area contributed by atoms with Gasteiger partial charge < -0.3 is 15.0 Å². The van der Waals surface area contributed by atoms with Crippen molar-refractivity contribution in [3.05, 3.63) is 65.6 Å². The number of hydrogen-bond donors (Lipinski definition) is 1. The van der Waals surface area contributed by atoms with Crippen LogP contribution in [-0.4, -0.2) is 41.1 Å². The van der Waals surface area contributed by atoms with E-state index in [0.29, 0.717) is 30.1 Å². The van der Waals surface area contributed by atoms with Crippen molar-refractivity contribution in [3.63, 3.8) is 0 Å². The zero-order valence-corrected chi connectivity index (χ0v) is 17.1. The Morgan fingerprint density at radius 2 is 1.97 bits per heavy atom. The van der Waals surface area contributed by atoms with Crippen LogP contribution in [0.25, 0.3) is 5.65 Å². The third-order valence-corrected chi connectivity index (χ3v) is 6.18. The van der Waals surface area contributed by atoms with Crippen molar-refractivity contribution in [1.29, 1.82) is 0 Å². The molecule has 0 saturated carbocycles. The number of rotatable bonds is 4. The summed E-state index contributed by atoms with van der Waals surface area (Å²) < 4.78 is 35.3. The Labute approximate surface area is 178 Å². The number of fused-ring (bicyclic) bond motifs is 1. The maximum atomic E-state index is 14.4. The molecule has 1 atom stereocenters. The van der Waals surface area contributed by atoms with Gasteiger partial charge in [-0.3, -0.25) is 9.20 Å². The monoisotopic (exact) mass is 426 g/mol. The highest BCUT2D eigenvalue weighted by Crippen LogP contribution is 2.37. The second-order valence-electron chi connectivity index (χ2n) is 8.14. The Kier molecular flexibility index (Phi) is 5.31. The Hall–Kier alpha value is -3.00. The van der Waals surface area contributed by atoms with E-state index in [4.69, 9.17) is 4.74 Å². The van der Waals surface area contributed by atoms with Gasteiger partial charge in [-0.15, -0.1) is 0 Å². The van der Waals surface area contributed by atoms with Gasteiger partial charge >= 0.3 is 0 Å². The average Bonchev–Trinajstić information content (AvgIpc) is 3.43. The van der Waals surface area contributed by atoms with Gasteiger partial charge in [0.1, 0.15) is 23.0 Å². The van der Waals surface area contributed by atoms with Crippen LogP contribution in [0.2, 0.25) is 0 Å². The van der Waals surface area contributed by atoms with E-state index in [2.05, 4.69) is 15.2 Å². The van der Waals surface area contributed by atoms with E-state index in [-0.39, 0.29) is 18.0 Å². The first-order valence-electron chi connectivity index (χ1n) is 10.7. The first-order valence-corrected chi connectivity index (χ1v) is 10.7. The summed E-state index contributed by atoms with van der Waals surface area (Å²) in [6.07, 6.45) is 6.63. The molecule has 0 aliphatic carbocycles. The van der Waals surface area contributed by atoms with Crippen molar-refractivity contribution < 1.29 is 18.3 Å². The molecule has 1 amide bonds. The molecule has 2 aliphatic rings. The number of imidazole rings is 1. The molecular weight excluding hydrogens is 402 g/mol. The van der Waals surface area contributed by atoms with Gasteiger partial charge in [0.25, 0.3) is 5.91 Å². The van der Waals surface area contributed by atoms with Crippen molar-refractivity contribution in [2.75, 3.05) is 24.7 Å². The molecule has 0 spiro atoms. The fourth-order valence-corrected chi connectivity index (χ4v) is 4.58. The van der Waals surface area contributed by atoms with Gasteiger partial charge in [0.15, 0.2) is 0 Å². The smallest absolute Gasteiger partial charge is 0.270 e. The van der Waals surface area contributed by atoms with E-state index < -0.39 is 11.6 Å². The van der Waals surface area contributed by atoms with Gasteiger partial charge in [0.05, 0.1) is 17.9 Å². The molecule has 5 rings (SSSR count). The molecule has 2 aliphatic heterocycles. The number of ether oxygens (including phenoxy) is 1. The summed E-state index contributed by atoms with van der Waals surface area (Å²) >= 11 is 0. The molecule has 1 unspecified atom stereocenters. The van der Waals surface area contributed by atoms with Gasteiger partial charge in [-0.2, -0.15) is 0 Å². The van der Waals surface area contributed by atoms with Crippen molar-refractivity contribution in [2.45, 2.75) is 37.8 Å². The summed E-state index contributed by atoms with van der Waals surface area (Å²) in [6.45, 7) is 2.02. The predicted molar refractivity (Wildman–Crippen MR) is 112 cm³/mol. The van der Waals surface area contributed by atoms with Gasteiger partial charge in [0.2, 0.25) is 0 Å². The van der Waals surface area contributed by atoms with Crippen LogP contribution in [-0.2, 0) is 4.74 Å². The van der Waals surface area contributed by atoms with Crippen molar-refractivity contribution in [2.24, 2.45) is 0 Å². The molecule has 0 radical (unpaired) electrons. The summed E-state index contributed by atoms with van der Waals surface area (Å²) in [5.41, 5.74) is 2.32. The molecule has 1 N–H and O–H groups in total. The minimum absolute atomic E-state index is 0.0916. The third-order valence-electron chi connectivity index (χ3n) is 6.18. The Bertz CT molecular complexity index is 1110. The number of nitrogens with zero attached hydrogens (tertiary/aromatic N) is 3. The summed E-state index contributed by atoms with van der Waals surface area (Å²) in [7, 11) is 0. The molecule has 6 nitrogen and oxygen atoms in total. The fourth-order valence-electron chi connectivity index (χ4n) is 4.58. The number of aromatic nitrogens is 2. The number of halogens is 2. The minimum atomic E-state index is -0.444. The molecule has 2 saturated heterocycles. The van der Waals surface area contributed by atoms with E-state index in [1.165, 1.54) is 12.1 Å². The maximum Gasteiger partial charge on any atom is 0.270 e. The molecule has 2 fully saturated rings. The van der Waals surface area contributed by atoms with Crippen LogP contribution in [0.4, 0.5) is 14.5 Å². The van der Waals surface area contributed by atoms with Crippen LogP contribution in [0, 0.1) is 11.6 Å². The molecule has 0 bridgehead atoms. The normalized spacial score (nSPS) is 19.8. The molecule has 4 heterocycles. The van der Waals surface area contributed by atoms with E-state index in [1.807, 2.05) is 18.3 Å². The third kappa shape index (κ3) is 3.87. The zero-order valence-electron chi connectivity index (χ0n) is 17.1. The highest BCUT2D eigenvalue weighted by atomic mass is 19.1. The number of carbonyl (C=O) groups excluding carboxylic acids is 1. The summed E-state index contributed by atoms with van der Waals surface area (Å²) in [4.78, 5) is 19.3. The van der Waals surface area contributed by atoms with Gasteiger partial charge in [-0.05, 0) is 56.0 Å². The van der Waals surface area contributed by atoms with Crippen LogP contribution in [0.5, 0.6) is 0 Å². The lowest BCUT2D eigenvalue weighted by Crippen LogP contribution is -2.39. The maximum absolute atomic E-state index is 14.4. The van der Waals surface area contributed by atoms with Gasteiger partial charge in [-0.25, -0.2) is 13.8 Å². The van der Waals surface area contributed by atoms with Crippen molar-refractivity contribution >= 4 is 17.2 Å². The quantitative estimate of drug-likeness (QED) is 0.688. The SMILES string of the molecule is O=C(NC1CCOCC1)c1cnc2ccc(N3CCCC3c3cc(F)ccc3F)cn12. The molecule has 3 aromatic rings. The van der Waals surface area contributed by atoms with Crippen LogP contribution >= 0.6 is 0 Å². The summed E-state index contributed by atoms with van der Waals surface area (Å²) in [5.74, 6) is -1.02. The lowest BCUT2D eigenvalue weighted by molar-refractivity contribution is 0.0693. The van der Waals surface area contributed by atoms with Crippen molar-refractivity contribution in [3.8, 4) is 0 Å². The average molecular weight is 426 g/mol. The van der Waals surface area contributed by atoms with Crippen LogP contribution < -0.4 is 10.2 Å². The molecule has 2 aromatic heterocycles. The number of hydrogen-bond acceptors (Lipinski definition) is 4. The molecule has 162 valence electrons. The molecule has 31 heavy (non-hydrogen) atoms. The van der Waals surface area contributed by atoms with Gasteiger partial charge in [0, 0.05) is 37.6 Å². The number of nitrogens with one attached hydrogen (secondary N) is 1. The van der Waals surface area contributed by atoms with E-state index in [1.54, 1.807) is 10.6 Å². The zero-order chi connectivity index (χ0) is 21.4. The lowest BCUT2D eigenvalue weighted by Gasteiger charge is -2.27. The Morgan fingerprint density at radius 3 is 2.81 bits per heavy atom. The number of pyridine rings is 1. The number of benzene rings is 1. The number of carbonyl (C=O) groups is 1. The standard InChI is InChI=1S/C23H24F2N4O2/c24-15-3-5-19(25)18(12-15)20-2-1-9-28(20)17-4-6-22-26-13-21(29(22)14-17)23(30)27-16-7-10-31-11-8-16/h3-6,12-14,16,20H,1-2,7-11H2,(H,27,30). The minimum Gasteiger partial charge on any atom is -0.381 e. The fraction of sp³-hybridized carbons (Fsp3) is 0.391. The van der Waals surface area contributed by atoms with Crippen molar-refractivity contribution in [1.82, 2.24) is 14.7 Å². The topological polar surface area (TPSA) is 58.9 Å². The number of amides is 1. The van der Waals surface area contributed by atoms with E-state index in [0.717, 1.165) is 44.0 Å². The highest BCUT2D eigenvalue weighted by Gasteiger charge is 2.29. The Morgan fingerprint density at radius 1 is 1.13 bits per heavy atom. The largest absolute Gasteiger partial charge is 0.381 e. The Balaban J connectivity index is 1.44. The van der Waals surface area contributed by atoms with E-state index >= 15 is 0 Å². The summed E-state index contributed by atoms with van der Waals surface area (Å²) in [5, 5.41) is 3.07. The molecular formula is C23H24F2N4O2. The second-order valence-corrected chi connectivity index (χ2v) is 8.14. The van der Waals surface area contributed by atoms with Crippen LogP contribution in [0.1, 0.15) is 47.8 Å². The predicted octanol–water partition coefficient (Wildman–Crippen LogP) is 3.86. The first kappa shape index (κ1) is 19.9. The number of anilines is 1. The van der Waals surface area contributed by atoms with E-state index in [9.17, 15) is 13.6 Å². The molecule has 1 aromatic carbocycles. The lowest BCUT2D eigenvalue weighted by atomic mass is 10.0. The summed E-state index contributed by atoms with van der Waals surface area (Å²) in [6, 6.07) is 7.19. The van der Waals surface area contributed by atoms with Crippen LogP contribution in [0.3, 0.4) is 0 Å². The first-order chi connectivity index (χ1) is 15.1. The van der Waals surface area contributed by atoms with Gasteiger partial charge in [-0.1, -0.05) is 0 Å². The van der Waals surface area contributed by atoms with Crippen LogP contribution in [0.15, 0.2) is 42.7 Å².